The number of hydrogen-bond acceptors (Lipinski definition) is 19. The molecule has 7 heterocycles. The third-order valence-corrected chi connectivity index (χ3v) is 7.82. The fourth-order valence-corrected chi connectivity index (χ4v) is 4.53. The van der Waals surface area contributed by atoms with Crippen molar-refractivity contribution in [1.82, 2.24) is 73.5 Å². The van der Waals surface area contributed by atoms with E-state index in [4.69, 9.17) is 0 Å². The second-order valence-electron chi connectivity index (χ2n) is 8.56. The van der Waals surface area contributed by atoms with Crippen LogP contribution in [0.15, 0.2) is 66.1 Å². The standard InChI is InChI=1S/C5H7NS.C4H6N2S.C3H5N3OS.C3H5N3S.C3H5N3.C3H4N2O2.C3H4N2OS/c1-4-3-5(2)7-6-4;1-3-5-4(2)7-6-3;1-8(7)3-4-2-5-6-3;1-7-3-4-2-5-6-3;1-3-4-2-5-6-3;1-2-4-3(6)7-5-2;1-2-3(6)5-7-4-2/h3H,1-2H3;2H2,1H3,(H,5,6);2H,1H3,(H,4,5,6);2H,1H3,(H,4,5,6);2H,1H3,(H,4,5,6);1H3,(H,4,5,6);1H3,(H,5,6). The van der Waals surface area contributed by atoms with Crippen LogP contribution in [0.3, 0.4) is 0 Å². The predicted molar refractivity (Wildman–Crippen MR) is 192 cm³/mol. The summed E-state index contributed by atoms with van der Waals surface area (Å²) in [4.78, 5) is 39.1. The van der Waals surface area contributed by atoms with Crippen molar-refractivity contribution >= 4 is 63.6 Å². The Labute approximate surface area is 299 Å². The maximum Gasteiger partial charge on any atom is 0.438 e. The molecule has 25 heteroatoms. The molecule has 0 saturated carbocycles. The number of hydrogen-bond donors (Lipinski definition) is 6. The lowest BCUT2D eigenvalue weighted by Crippen LogP contribution is -2.03. The lowest BCUT2D eigenvalue weighted by Gasteiger charge is -1.83. The average molecular weight is 773 g/mol. The Kier molecular flexibility index (Phi) is 21.2. The number of aromatic nitrogens is 14. The Morgan fingerprint density at radius 1 is 0.898 bits per heavy atom. The molecule has 6 N–H and O–H groups in total. The molecule has 6 aromatic rings. The molecule has 1 aliphatic rings. The van der Waals surface area contributed by atoms with Gasteiger partial charge in [0.25, 0.3) is 5.56 Å². The van der Waals surface area contributed by atoms with Crippen LogP contribution in [0.5, 0.6) is 0 Å². The van der Waals surface area contributed by atoms with E-state index >= 15 is 0 Å². The number of H-pyrrole nitrogens is 5. The quantitative estimate of drug-likeness (QED) is 0.109. The van der Waals surface area contributed by atoms with Gasteiger partial charge in [0.1, 0.15) is 47.2 Å². The van der Waals surface area contributed by atoms with Crippen molar-refractivity contribution in [3.05, 3.63) is 85.5 Å². The van der Waals surface area contributed by atoms with Crippen LogP contribution >= 0.6 is 47.0 Å². The average Bonchev–Trinajstić information content (AvgIpc) is 3.90. The number of nitrogens with one attached hydrogen (secondary N) is 6. The summed E-state index contributed by atoms with van der Waals surface area (Å²) in [6.45, 7) is 14.8. The summed E-state index contributed by atoms with van der Waals surface area (Å²) in [5, 5.41) is 23.9. The van der Waals surface area contributed by atoms with Gasteiger partial charge in [0.15, 0.2) is 5.16 Å². The zero-order chi connectivity index (χ0) is 36.6. The van der Waals surface area contributed by atoms with E-state index in [2.05, 4.69) is 103 Å². The molecule has 0 radical (unpaired) electrons. The van der Waals surface area contributed by atoms with Gasteiger partial charge in [0, 0.05) is 34.8 Å². The van der Waals surface area contributed by atoms with Gasteiger partial charge >= 0.3 is 5.76 Å². The number of aliphatic imine (C=N–C) groups is 1. The van der Waals surface area contributed by atoms with Gasteiger partial charge in [0.2, 0.25) is 5.16 Å². The van der Waals surface area contributed by atoms with Crippen LogP contribution in [-0.2, 0) is 10.8 Å². The van der Waals surface area contributed by atoms with Crippen molar-refractivity contribution in [3.8, 4) is 0 Å². The lowest BCUT2D eigenvalue weighted by molar-refractivity contribution is 0.383. The topological polar surface area (TPSA) is 284 Å². The zero-order valence-corrected chi connectivity index (χ0v) is 31.7. The summed E-state index contributed by atoms with van der Waals surface area (Å²) in [6.07, 6.45) is 7.79. The van der Waals surface area contributed by atoms with Gasteiger partial charge in [0.05, 0.1) is 16.5 Å². The lowest BCUT2D eigenvalue weighted by atomic mass is 10.4. The van der Waals surface area contributed by atoms with Gasteiger partial charge in [-0.05, 0) is 65.4 Å². The number of thioether (sulfide) groups is 1. The minimum absolute atomic E-state index is 0.0787. The SMILES string of the molecule is C=C1N=C(C)NS1.CS(=O)c1ncn[nH]1.CSc1ncn[nH]1.Cc1cc(C)sn1.Cc1ncn[nH]1.Cc1noc(=O)[nH]1.Cc1ns[nH]c1=O. The molecule has 0 amide bonds. The van der Waals surface area contributed by atoms with Gasteiger partial charge in [-0.25, -0.2) is 24.7 Å². The summed E-state index contributed by atoms with van der Waals surface area (Å²) in [7, 11) is -1.03. The van der Waals surface area contributed by atoms with Crippen molar-refractivity contribution in [3.63, 3.8) is 0 Å². The fourth-order valence-electron chi connectivity index (χ4n) is 2.30. The maximum atomic E-state index is 10.5. The Hall–Kier alpha value is -4.59. The number of nitrogens with zero attached hydrogens (tertiary/aromatic N) is 10. The van der Waals surface area contributed by atoms with E-state index in [1.54, 1.807) is 43.4 Å². The molecule has 6 aromatic heterocycles. The predicted octanol–water partition coefficient (Wildman–Crippen LogP) is 2.88. The van der Waals surface area contributed by atoms with Crippen LogP contribution in [0.4, 0.5) is 0 Å². The highest BCUT2D eigenvalue weighted by Gasteiger charge is 2.01. The molecule has 0 aromatic carbocycles. The molecule has 0 aliphatic carbocycles. The molecule has 0 fully saturated rings. The summed E-state index contributed by atoms with van der Waals surface area (Å²) in [6, 6.07) is 2.07. The van der Waals surface area contributed by atoms with E-state index in [9.17, 15) is 13.8 Å². The van der Waals surface area contributed by atoms with Gasteiger partial charge in [-0.3, -0.25) is 38.2 Å². The molecular weight excluding hydrogens is 737 g/mol. The minimum Gasteiger partial charge on any atom is -0.313 e. The summed E-state index contributed by atoms with van der Waals surface area (Å²) in [5.74, 6) is 1.80. The van der Waals surface area contributed by atoms with Gasteiger partial charge < -0.3 is 4.72 Å². The smallest absolute Gasteiger partial charge is 0.313 e. The minimum atomic E-state index is -1.03. The maximum absolute atomic E-state index is 10.5. The first-order valence-electron chi connectivity index (χ1n) is 13.3. The Morgan fingerprint density at radius 3 is 1.76 bits per heavy atom. The summed E-state index contributed by atoms with van der Waals surface area (Å²) >= 11 is 5.64. The van der Waals surface area contributed by atoms with Gasteiger partial charge in [-0.15, -0.1) is 0 Å². The van der Waals surface area contributed by atoms with Crippen LogP contribution < -0.4 is 16.0 Å². The Balaban J connectivity index is 0.000000286. The number of aryl methyl sites for hydroxylation is 5. The second-order valence-corrected chi connectivity index (χ2v) is 13.1. The largest absolute Gasteiger partial charge is 0.438 e. The molecule has 266 valence electrons. The van der Waals surface area contributed by atoms with Crippen molar-refractivity contribution in [2.75, 3.05) is 12.5 Å². The molecule has 49 heavy (non-hydrogen) atoms. The first-order chi connectivity index (χ1) is 23.3. The van der Waals surface area contributed by atoms with Crippen molar-refractivity contribution in [1.29, 1.82) is 0 Å². The molecule has 0 saturated heterocycles. The normalized spacial score (nSPS) is 11.3. The van der Waals surface area contributed by atoms with E-state index < -0.39 is 16.6 Å². The number of amidine groups is 1. The summed E-state index contributed by atoms with van der Waals surface area (Å²) in [5.41, 5.74) is 1.59. The van der Waals surface area contributed by atoms with Crippen LogP contribution in [0, 0.1) is 34.6 Å². The van der Waals surface area contributed by atoms with E-state index in [0.717, 1.165) is 39.3 Å². The molecular formula is C24H36N16O4S5. The van der Waals surface area contributed by atoms with Gasteiger partial charge in [-0.2, -0.15) is 24.0 Å². The molecule has 0 bridgehead atoms. The second kappa shape index (κ2) is 24.5. The highest BCUT2D eigenvalue weighted by molar-refractivity contribution is 8.02. The molecule has 1 aliphatic heterocycles. The van der Waals surface area contributed by atoms with Crippen LogP contribution in [-0.4, -0.2) is 91.4 Å². The van der Waals surface area contributed by atoms with Gasteiger partial charge in [-0.1, -0.05) is 23.5 Å². The van der Waals surface area contributed by atoms with E-state index in [1.165, 1.54) is 35.8 Å². The molecule has 7 rings (SSSR count). The molecule has 0 spiro atoms. The highest BCUT2D eigenvalue weighted by Crippen LogP contribution is 2.15. The van der Waals surface area contributed by atoms with E-state index in [1.807, 2.05) is 27.0 Å². The number of aromatic amines is 5. The van der Waals surface area contributed by atoms with E-state index in [0.29, 0.717) is 16.7 Å². The highest BCUT2D eigenvalue weighted by atomic mass is 32.2. The fraction of sp³-hybridized carbons (Fsp3) is 0.333. The van der Waals surface area contributed by atoms with Crippen molar-refractivity contribution < 1.29 is 8.73 Å². The van der Waals surface area contributed by atoms with Crippen molar-refractivity contribution in [2.24, 2.45) is 4.99 Å². The van der Waals surface area contributed by atoms with Crippen LogP contribution in [0.2, 0.25) is 0 Å². The zero-order valence-electron chi connectivity index (χ0n) is 27.7. The first-order valence-corrected chi connectivity index (χ1v) is 18.5. The monoisotopic (exact) mass is 772 g/mol. The Morgan fingerprint density at radius 2 is 1.57 bits per heavy atom. The molecule has 1 atom stereocenters. The number of rotatable bonds is 2. The third kappa shape index (κ3) is 21.1. The first kappa shape index (κ1) is 42.4. The molecule has 1 unspecified atom stereocenters. The molecule has 20 nitrogen and oxygen atoms in total. The summed E-state index contributed by atoms with van der Waals surface area (Å²) < 4.78 is 27.7. The third-order valence-electron chi connectivity index (χ3n) is 4.34. The van der Waals surface area contributed by atoms with Crippen LogP contribution in [0.1, 0.15) is 34.8 Å². The van der Waals surface area contributed by atoms with E-state index in [-0.39, 0.29) is 5.56 Å². The van der Waals surface area contributed by atoms with Crippen molar-refractivity contribution in [2.45, 2.75) is 51.9 Å². The van der Waals surface area contributed by atoms with Crippen LogP contribution in [0.25, 0.3) is 0 Å². The Bertz CT molecular complexity index is 1860.